The van der Waals surface area contributed by atoms with E-state index in [2.05, 4.69) is 90.0 Å². The van der Waals surface area contributed by atoms with Gasteiger partial charge >= 0.3 is 29.8 Å². The Bertz CT molecular complexity index is 2500. The van der Waals surface area contributed by atoms with Gasteiger partial charge in [0.25, 0.3) is 0 Å². The maximum atomic E-state index is 12.9. The third-order valence-corrected chi connectivity index (χ3v) is 30.1. The Morgan fingerprint density at radius 3 is 0.929 bits per heavy atom. The number of carbonyl (C=O) groups excluding carboxylic acids is 5. The van der Waals surface area contributed by atoms with Gasteiger partial charge < -0.3 is 23.7 Å². The van der Waals surface area contributed by atoms with Crippen molar-refractivity contribution in [2.45, 2.75) is 426 Å². The third-order valence-electron chi connectivity index (χ3n) is 30.1. The Labute approximate surface area is 603 Å². The second-order valence-electron chi connectivity index (χ2n) is 39.7. The lowest BCUT2D eigenvalue weighted by Crippen LogP contribution is -2.60. The first-order valence-electron chi connectivity index (χ1n) is 41.6. The lowest BCUT2D eigenvalue weighted by atomic mass is 9.44. The molecule has 12 fully saturated rings. The number of ether oxygens (including phenoxy) is 5. The van der Waals surface area contributed by atoms with Gasteiger partial charge in [-0.05, 0) is 350 Å². The fraction of sp³-hybridized carbons (Fsp3) is 0.943. The van der Waals surface area contributed by atoms with Crippen molar-refractivity contribution in [3.8, 4) is 0 Å². The van der Waals surface area contributed by atoms with Crippen LogP contribution in [0.2, 0.25) is 0 Å². The van der Waals surface area contributed by atoms with E-state index in [0.717, 1.165) is 105 Å². The largest absolute Gasteiger partial charge is 0.459 e. The summed E-state index contributed by atoms with van der Waals surface area (Å²) in [6.45, 7) is 51.8. The van der Waals surface area contributed by atoms with Crippen molar-refractivity contribution in [2.75, 3.05) is 0 Å². The van der Waals surface area contributed by atoms with E-state index >= 15 is 0 Å². The van der Waals surface area contributed by atoms with Crippen molar-refractivity contribution in [3.05, 3.63) is 0 Å². The number of fused-ring (bicyclic) bond motifs is 2. The SMILES string of the molecule is CCC(C)(C)C(=O)OC(C)(C)C12CC3CC(CC(C3)C1)C2.CCC(C)(C)C(=O)OC(C)(C)C1CC2CCC1C2.CCC(C)(C)C(=O)OC(C)(C)C1CCCCC1.CCC(C)(C)C(=O)OC(CC)(CC)C12CC3CC(CC(C3)C1)C2.CCC(C)(C)C(=O)OC(CC)(CC)C1CCCCC1. The number of esters is 5. The van der Waals surface area contributed by atoms with Crippen LogP contribution < -0.4 is 0 Å². The van der Waals surface area contributed by atoms with Crippen molar-refractivity contribution in [1.29, 1.82) is 0 Å². The maximum Gasteiger partial charge on any atom is 0.312 e. The van der Waals surface area contributed by atoms with E-state index in [4.69, 9.17) is 23.7 Å². The van der Waals surface area contributed by atoms with Crippen molar-refractivity contribution < 1.29 is 47.7 Å². The molecule has 10 nitrogen and oxygen atoms in total. The molecule has 98 heavy (non-hydrogen) atoms. The first kappa shape index (κ1) is 84.3. The highest BCUT2D eigenvalue weighted by Gasteiger charge is 2.62. The molecule has 3 unspecified atom stereocenters. The Morgan fingerprint density at radius 2 is 0.612 bits per heavy atom. The van der Waals surface area contributed by atoms with E-state index in [0.29, 0.717) is 17.8 Å². The minimum absolute atomic E-state index is 0.00857. The predicted octanol–water partition coefficient (Wildman–Crippen LogP) is 24.3. The molecule has 10 bridgehead atoms. The summed E-state index contributed by atoms with van der Waals surface area (Å²) in [4.78, 5) is 62.3. The Balaban J connectivity index is 0.000000194. The molecule has 0 saturated heterocycles. The van der Waals surface area contributed by atoms with Crippen LogP contribution in [0.1, 0.15) is 398 Å². The summed E-state index contributed by atoms with van der Waals surface area (Å²) < 4.78 is 30.4. The Morgan fingerprint density at radius 1 is 0.296 bits per heavy atom. The van der Waals surface area contributed by atoms with Crippen LogP contribution in [0, 0.1) is 103 Å². The molecule has 3 atom stereocenters. The van der Waals surface area contributed by atoms with Crippen LogP contribution in [-0.2, 0) is 47.7 Å². The van der Waals surface area contributed by atoms with Crippen molar-refractivity contribution in [1.82, 2.24) is 0 Å². The van der Waals surface area contributed by atoms with Crippen molar-refractivity contribution in [2.24, 2.45) is 103 Å². The molecule has 0 spiro atoms. The zero-order valence-corrected chi connectivity index (χ0v) is 68.7. The minimum atomic E-state index is -0.363. The quantitative estimate of drug-likeness (QED) is 0.0680. The number of rotatable bonds is 24. The highest BCUT2D eigenvalue weighted by atomic mass is 16.6. The van der Waals surface area contributed by atoms with Gasteiger partial charge in [0, 0.05) is 16.7 Å². The highest BCUT2D eigenvalue weighted by molar-refractivity contribution is 5.78. The Hall–Kier alpha value is -2.65. The van der Waals surface area contributed by atoms with Crippen LogP contribution in [0.4, 0.5) is 0 Å². The summed E-state index contributed by atoms with van der Waals surface area (Å²) in [7, 11) is 0. The van der Waals surface area contributed by atoms with Crippen LogP contribution >= 0.6 is 0 Å². The molecule has 0 aliphatic heterocycles. The standard InChI is InChI=1S/C21H36O2.C19H32O2.C17H32O2.C16H28O2.C15H28O2/c1-6-19(4,5)18(22)23-21(7-2,8-3)20-12-15-9-16(13-20)11-17(10-15)14-20;1-6-17(2,3)16(20)21-18(4,5)19-10-13-7-14(11-19)9-15(8-13)12-19;1-6-16(4,5)15(18)19-17(7-2,8-3)14-12-10-9-11-13-14;1-6-15(2,3)14(17)18-16(4,5)13-10-11-7-8-12(13)9-11;1-6-14(2,3)13(16)17-15(4,5)12-10-8-7-9-11-12/h15-17H,6-14H2,1-5H3;13-15H,6-12H2,1-5H3;14H,6-13H2,1-5H3;11-13H,6-10H2,1-5H3;12H,6-11H2,1-5H3. The average Bonchev–Trinajstić information content (AvgIpc) is 0.896. The first-order chi connectivity index (χ1) is 45.4. The zero-order valence-electron chi connectivity index (χ0n) is 68.7. The summed E-state index contributed by atoms with van der Waals surface area (Å²) in [5.74, 6) is 8.69. The van der Waals surface area contributed by atoms with Crippen LogP contribution in [-0.4, -0.2) is 57.9 Å². The zero-order chi connectivity index (χ0) is 73.5. The third kappa shape index (κ3) is 19.4. The van der Waals surface area contributed by atoms with Crippen LogP contribution in [0.15, 0.2) is 0 Å². The molecule has 0 aromatic carbocycles. The van der Waals surface area contributed by atoms with Gasteiger partial charge in [0.05, 0.1) is 27.1 Å². The van der Waals surface area contributed by atoms with E-state index in [1.54, 1.807) is 0 Å². The lowest BCUT2D eigenvalue weighted by molar-refractivity contribution is -0.219. The molecule has 10 heteroatoms. The van der Waals surface area contributed by atoms with Crippen LogP contribution in [0.5, 0.6) is 0 Å². The van der Waals surface area contributed by atoms with Crippen LogP contribution in [0.3, 0.4) is 0 Å². The van der Waals surface area contributed by atoms with Crippen molar-refractivity contribution in [3.63, 3.8) is 0 Å². The summed E-state index contributed by atoms with van der Waals surface area (Å²) in [5.41, 5.74) is -2.62. The van der Waals surface area contributed by atoms with E-state index in [9.17, 15) is 24.0 Å². The van der Waals surface area contributed by atoms with Gasteiger partial charge in [0.2, 0.25) is 0 Å². The number of hydrogen-bond donors (Lipinski definition) is 0. The molecule has 12 saturated carbocycles. The fourth-order valence-corrected chi connectivity index (χ4v) is 21.1. The molecule has 0 amide bonds. The number of carbonyl (C=O) groups is 5. The summed E-state index contributed by atoms with van der Waals surface area (Å²) >= 11 is 0. The molecule has 12 rings (SSSR count). The van der Waals surface area contributed by atoms with Gasteiger partial charge in [0.1, 0.15) is 28.0 Å². The van der Waals surface area contributed by atoms with Gasteiger partial charge in [-0.1, -0.05) is 107 Å². The summed E-state index contributed by atoms with van der Waals surface area (Å²) in [5, 5.41) is 0. The number of hydrogen-bond acceptors (Lipinski definition) is 10. The fourth-order valence-electron chi connectivity index (χ4n) is 21.1. The first-order valence-corrected chi connectivity index (χ1v) is 41.6. The van der Waals surface area contributed by atoms with E-state index in [1.165, 1.54) is 167 Å². The molecule has 568 valence electrons. The second-order valence-corrected chi connectivity index (χ2v) is 39.7. The molecule has 0 aromatic rings. The molecule has 0 N–H and O–H groups in total. The molecule has 0 aromatic heterocycles. The normalized spacial score (nSPS) is 29.5. The van der Waals surface area contributed by atoms with E-state index in [-0.39, 0.29) is 95.8 Å². The maximum absolute atomic E-state index is 12.9. The highest BCUT2D eigenvalue weighted by Crippen LogP contribution is 2.67. The minimum Gasteiger partial charge on any atom is -0.459 e. The molecule has 0 heterocycles. The van der Waals surface area contributed by atoms with Gasteiger partial charge in [0.15, 0.2) is 0 Å². The Kier molecular flexibility index (Phi) is 28.6. The molecular weight excluding hydrogens is 1220 g/mol. The van der Waals surface area contributed by atoms with Gasteiger partial charge in [-0.25, -0.2) is 0 Å². The van der Waals surface area contributed by atoms with Gasteiger partial charge in [-0.3, -0.25) is 24.0 Å². The van der Waals surface area contributed by atoms with Gasteiger partial charge in [-0.15, -0.1) is 0 Å². The van der Waals surface area contributed by atoms with Crippen LogP contribution in [0.25, 0.3) is 0 Å². The summed E-state index contributed by atoms with van der Waals surface area (Å²) in [6, 6.07) is 0. The average molecular weight is 1370 g/mol. The van der Waals surface area contributed by atoms with E-state index in [1.807, 2.05) is 83.1 Å². The smallest absolute Gasteiger partial charge is 0.312 e. The lowest BCUT2D eigenvalue weighted by Gasteiger charge is -2.63. The van der Waals surface area contributed by atoms with Crippen molar-refractivity contribution >= 4 is 29.8 Å². The van der Waals surface area contributed by atoms with Gasteiger partial charge in [-0.2, -0.15) is 0 Å². The molecule has 12 aliphatic rings. The topological polar surface area (TPSA) is 132 Å². The second kappa shape index (κ2) is 33.2. The molecule has 0 radical (unpaired) electrons. The molecular formula is C88H156O10. The molecule has 12 aliphatic carbocycles. The monoisotopic (exact) mass is 1370 g/mol. The summed E-state index contributed by atoms with van der Waals surface area (Å²) in [6.07, 6.45) is 42.4. The predicted molar refractivity (Wildman–Crippen MR) is 403 cm³/mol. The van der Waals surface area contributed by atoms with E-state index < -0.39 is 0 Å².